The van der Waals surface area contributed by atoms with Gasteiger partial charge in [0.05, 0.1) is 18.1 Å². The predicted octanol–water partition coefficient (Wildman–Crippen LogP) is 2.73. The highest BCUT2D eigenvalue weighted by Gasteiger charge is 2.23. The molecule has 9 nitrogen and oxygen atoms in total. The Morgan fingerprint density at radius 1 is 1.15 bits per heavy atom. The Morgan fingerprint density at radius 2 is 2.04 bits per heavy atom. The number of thiazole rings is 1. The molecule has 1 aliphatic rings. The average Bonchev–Trinajstić information content (AvgIpc) is 3.35. The van der Waals surface area contributed by atoms with Crippen LogP contribution in [0.15, 0.2) is 24.8 Å². The van der Waals surface area contributed by atoms with E-state index in [1.54, 1.807) is 12.4 Å². The Kier molecular flexibility index (Phi) is 3.89. The molecule has 0 unspecified atom stereocenters. The van der Waals surface area contributed by atoms with E-state index in [9.17, 15) is 4.79 Å². The molecule has 0 saturated carbocycles. The summed E-state index contributed by atoms with van der Waals surface area (Å²) >= 11 is 1.30. The van der Waals surface area contributed by atoms with Crippen molar-refractivity contribution in [1.82, 2.24) is 35.0 Å². The van der Waals surface area contributed by atoms with Gasteiger partial charge in [0.15, 0.2) is 16.5 Å². The van der Waals surface area contributed by atoms with Crippen molar-refractivity contribution in [3.05, 3.63) is 29.8 Å². The van der Waals surface area contributed by atoms with Crippen molar-refractivity contribution in [3.8, 4) is 0 Å². The lowest BCUT2D eigenvalue weighted by molar-refractivity contribution is 0.0724. The molecule has 0 aliphatic carbocycles. The van der Waals surface area contributed by atoms with Crippen molar-refractivity contribution in [2.75, 3.05) is 18.4 Å². The monoisotopic (exact) mass is 380 g/mol. The first kappa shape index (κ1) is 16.1. The summed E-state index contributed by atoms with van der Waals surface area (Å²) in [6.45, 7) is 1.59. The minimum atomic E-state index is -0.0230. The first-order chi connectivity index (χ1) is 13.3. The van der Waals surface area contributed by atoms with Crippen LogP contribution in [0.1, 0.15) is 29.1 Å². The minimum Gasteiger partial charge on any atom is -0.337 e. The molecule has 0 spiro atoms. The van der Waals surface area contributed by atoms with Crippen LogP contribution in [0.5, 0.6) is 0 Å². The van der Waals surface area contributed by atoms with Gasteiger partial charge in [-0.15, -0.1) is 0 Å². The highest BCUT2D eigenvalue weighted by molar-refractivity contribution is 7.19. The van der Waals surface area contributed by atoms with Gasteiger partial charge in [-0.1, -0.05) is 11.3 Å². The van der Waals surface area contributed by atoms with Crippen molar-refractivity contribution in [1.29, 1.82) is 0 Å². The summed E-state index contributed by atoms with van der Waals surface area (Å²) in [6.07, 6.45) is 8.15. The molecular weight excluding hydrogens is 364 g/mol. The van der Waals surface area contributed by atoms with Crippen LogP contribution in [-0.4, -0.2) is 54.0 Å². The SMILES string of the molecule is O=C(c1nc2c(Nc3cnc4[nH]ncc4c3)ncnc2s1)N1CCCCC1. The molecule has 0 radical (unpaired) electrons. The molecule has 1 aliphatic heterocycles. The molecule has 10 heteroatoms. The van der Waals surface area contributed by atoms with Crippen molar-refractivity contribution in [2.45, 2.75) is 19.3 Å². The fraction of sp³-hybridized carbons (Fsp3) is 0.294. The highest BCUT2D eigenvalue weighted by atomic mass is 32.1. The maximum absolute atomic E-state index is 12.7. The van der Waals surface area contributed by atoms with E-state index >= 15 is 0 Å². The number of carbonyl (C=O) groups is 1. The summed E-state index contributed by atoms with van der Waals surface area (Å²) in [7, 11) is 0. The van der Waals surface area contributed by atoms with Gasteiger partial charge < -0.3 is 10.2 Å². The Balaban J connectivity index is 1.47. The molecule has 136 valence electrons. The normalized spacial score (nSPS) is 14.7. The van der Waals surface area contributed by atoms with Crippen molar-refractivity contribution >= 4 is 50.1 Å². The van der Waals surface area contributed by atoms with Gasteiger partial charge in [-0.2, -0.15) is 5.10 Å². The Labute approximate surface area is 157 Å². The fourth-order valence-electron chi connectivity index (χ4n) is 3.21. The van der Waals surface area contributed by atoms with Gasteiger partial charge in [0.1, 0.15) is 16.7 Å². The van der Waals surface area contributed by atoms with E-state index in [2.05, 4.69) is 35.5 Å². The number of likely N-dealkylation sites (tertiary alicyclic amines) is 1. The summed E-state index contributed by atoms with van der Waals surface area (Å²) in [5.74, 6) is 0.531. The van der Waals surface area contributed by atoms with Crippen molar-refractivity contribution in [2.24, 2.45) is 0 Å². The lowest BCUT2D eigenvalue weighted by atomic mass is 10.1. The third kappa shape index (κ3) is 2.97. The molecule has 4 aromatic rings. The van der Waals surface area contributed by atoms with E-state index in [0.29, 0.717) is 21.2 Å². The second-order valence-electron chi connectivity index (χ2n) is 6.40. The number of amides is 1. The molecule has 1 saturated heterocycles. The summed E-state index contributed by atoms with van der Waals surface area (Å²) in [4.78, 5) is 32.7. The minimum absolute atomic E-state index is 0.0230. The second-order valence-corrected chi connectivity index (χ2v) is 7.38. The number of H-pyrrole nitrogens is 1. The summed E-state index contributed by atoms with van der Waals surface area (Å²) < 4.78 is 0. The van der Waals surface area contributed by atoms with E-state index in [4.69, 9.17) is 0 Å². The zero-order chi connectivity index (χ0) is 18.2. The van der Waals surface area contributed by atoms with Gasteiger partial charge in [0, 0.05) is 18.5 Å². The lowest BCUT2D eigenvalue weighted by Gasteiger charge is -2.25. The number of nitrogens with zero attached hydrogens (tertiary/aromatic N) is 6. The molecule has 5 rings (SSSR count). The van der Waals surface area contributed by atoms with Crippen LogP contribution in [0.4, 0.5) is 11.5 Å². The number of nitrogens with one attached hydrogen (secondary N) is 2. The fourth-order valence-corrected chi connectivity index (χ4v) is 4.09. The van der Waals surface area contributed by atoms with Gasteiger partial charge in [-0.3, -0.25) is 9.89 Å². The Hall–Kier alpha value is -3.14. The van der Waals surface area contributed by atoms with E-state index < -0.39 is 0 Å². The summed E-state index contributed by atoms with van der Waals surface area (Å²) in [6, 6.07) is 1.92. The first-order valence-electron chi connectivity index (χ1n) is 8.75. The molecular formula is C17H16N8OS. The number of fused-ring (bicyclic) bond motifs is 2. The molecule has 0 aromatic carbocycles. The van der Waals surface area contributed by atoms with Crippen molar-refractivity contribution < 1.29 is 4.79 Å². The van der Waals surface area contributed by atoms with Crippen molar-refractivity contribution in [3.63, 3.8) is 0 Å². The zero-order valence-corrected chi connectivity index (χ0v) is 15.2. The van der Waals surface area contributed by atoms with Crippen LogP contribution < -0.4 is 5.32 Å². The number of piperidine rings is 1. The van der Waals surface area contributed by atoms with E-state index in [1.807, 2.05) is 11.0 Å². The first-order valence-corrected chi connectivity index (χ1v) is 9.56. The van der Waals surface area contributed by atoms with Crippen LogP contribution in [0, 0.1) is 0 Å². The third-order valence-electron chi connectivity index (χ3n) is 4.58. The summed E-state index contributed by atoms with van der Waals surface area (Å²) in [5, 5.41) is 11.4. The van der Waals surface area contributed by atoms with Crippen LogP contribution in [-0.2, 0) is 0 Å². The smallest absolute Gasteiger partial charge is 0.282 e. The maximum Gasteiger partial charge on any atom is 0.282 e. The Bertz CT molecular complexity index is 1130. The van der Waals surface area contributed by atoms with Gasteiger partial charge in [0.2, 0.25) is 0 Å². The van der Waals surface area contributed by atoms with Crippen LogP contribution >= 0.6 is 11.3 Å². The van der Waals surface area contributed by atoms with Crippen LogP contribution in [0.2, 0.25) is 0 Å². The quantitative estimate of drug-likeness (QED) is 0.562. The highest BCUT2D eigenvalue weighted by Crippen LogP contribution is 2.28. The number of pyridine rings is 1. The molecule has 27 heavy (non-hydrogen) atoms. The number of anilines is 2. The molecule has 0 atom stereocenters. The standard InChI is InChI=1S/C17H16N8OS/c26-17(25-4-2-1-3-5-25)16-23-12-14(19-9-20-15(12)27-16)22-11-6-10-7-21-24-13(10)18-8-11/h6-9H,1-5H2,(H,18,21,24)(H,19,20,22). The molecule has 4 aromatic heterocycles. The Morgan fingerprint density at radius 3 is 2.93 bits per heavy atom. The number of aromatic nitrogens is 6. The topological polar surface area (TPSA) is 113 Å². The number of carbonyl (C=O) groups excluding carboxylic acids is 1. The largest absolute Gasteiger partial charge is 0.337 e. The van der Waals surface area contributed by atoms with Crippen LogP contribution in [0.3, 0.4) is 0 Å². The van der Waals surface area contributed by atoms with Gasteiger partial charge >= 0.3 is 0 Å². The number of hydrogen-bond donors (Lipinski definition) is 2. The zero-order valence-electron chi connectivity index (χ0n) is 14.3. The third-order valence-corrected chi connectivity index (χ3v) is 5.53. The molecule has 1 fully saturated rings. The van der Waals surface area contributed by atoms with E-state index in [1.165, 1.54) is 24.1 Å². The molecule has 5 heterocycles. The van der Waals surface area contributed by atoms with Gasteiger partial charge in [0.25, 0.3) is 5.91 Å². The average molecular weight is 380 g/mol. The maximum atomic E-state index is 12.7. The van der Waals surface area contributed by atoms with E-state index in [0.717, 1.165) is 42.7 Å². The summed E-state index contributed by atoms with van der Waals surface area (Å²) in [5.41, 5.74) is 2.08. The molecule has 2 N–H and O–H groups in total. The lowest BCUT2D eigenvalue weighted by Crippen LogP contribution is -2.35. The van der Waals surface area contributed by atoms with Crippen LogP contribution in [0.25, 0.3) is 21.4 Å². The molecule has 0 bridgehead atoms. The van der Waals surface area contributed by atoms with Gasteiger partial charge in [-0.05, 0) is 25.3 Å². The van der Waals surface area contributed by atoms with E-state index in [-0.39, 0.29) is 5.91 Å². The second kappa shape index (κ2) is 6.54. The molecule has 1 amide bonds. The number of rotatable bonds is 3. The number of hydrogen-bond acceptors (Lipinski definition) is 8. The van der Waals surface area contributed by atoms with Gasteiger partial charge in [-0.25, -0.2) is 19.9 Å². The number of aromatic amines is 1. The predicted molar refractivity (Wildman–Crippen MR) is 102 cm³/mol.